The number of aryl methyl sites for hydroxylation is 1. The molecule has 4 nitrogen and oxygen atoms in total. The van der Waals surface area contributed by atoms with Crippen molar-refractivity contribution >= 4 is 15.9 Å². The van der Waals surface area contributed by atoms with Crippen molar-refractivity contribution in [2.45, 2.75) is 18.4 Å². The first-order chi connectivity index (χ1) is 8.80. The van der Waals surface area contributed by atoms with E-state index in [0.717, 1.165) is 11.2 Å². The SMILES string of the molecule is CN1C=C(Br)C(C(F)F)(C(F)F)N1.Cn1cccn1. The third kappa shape index (κ3) is 3.47. The molecule has 0 aliphatic carbocycles. The first-order valence-corrected chi connectivity index (χ1v) is 5.98. The van der Waals surface area contributed by atoms with Crippen LogP contribution in [0.1, 0.15) is 0 Å². The zero-order valence-corrected chi connectivity index (χ0v) is 11.8. The highest BCUT2D eigenvalue weighted by molar-refractivity contribution is 9.11. The lowest BCUT2D eigenvalue weighted by molar-refractivity contribution is -0.0584. The molecule has 0 fully saturated rings. The van der Waals surface area contributed by atoms with Crippen LogP contribution in [0.3, 0.4) is 0 Å². The smallest absolute Gasteiger partial charge is 0.268 e. The third-order valence-corrected chi connectivity index (χ3v) is 3.25. The molecule has 1 aromatic rings. The van der Waals surface area contributed by atoms with Gasteiger partial charge in [0.2, 0.25) is 0 Å². The van der Waals surface area contributed by atoms with E-state index in [2.05, 4.69) is 21.0 Å². The summed E-state index contributed by atoms with van der Waals surface area (Å²) in [6, 6.07) is 1.89. The fraction of sp³-hybridized carbons (Fsp3) is 0.500. The zero-order valence-electron chi connectivity index (χ0n) is 10.2. The van der Waals surface area contributed by atoms with Crippen LogP contribution in [0.4, 0.5) is 17.6 Å². The Morgan fingerprint density at radius 1 is 1.26 bits per heavy atom. The molecule has 19 heavy (non-hydrogen) atoms. The predicted octanol–water partition coefficient (Wildman–Crippen LogP) is 2.36. The molecule has 0 radical (unpaired) electrons. The highest BCUT2D eigenvalue weighted by Gasteiger charge is 2.54. The molecule has 9 heteroatoms. The van der Waals surface area contributed by atoms with E-state index in [1.807, 2.05) is 24.7 Å². The summed E-state index contributed by atoms with van der Waals surface area (Å²) < 4.78 is 51.2. The van der Waals surface area contributed by atoms with E-state index in [1.165, 1.54) is 7.05 Å². The molecule has 0 aromatic carbocycles. The molecular formula is C10H13BrF4N4. The van der Waals surface area contributed by atoms with Crippen LogP contribution in [0.2, 0.25) is 0 Å². The van der Waals surface area contributed by atoms with Crippen LogP contribution >= 0.6 is 15.9 Å². The van der Waals surface area contributed by atoms with E-state index < -0.39 is 18.4 Å². The van der Waals surface area contributed by atoms with Crippen molar-refractivity contribution in [2.24, 2.45) is 7.05 Å². The van der Waals surface area contributed by atoms with Crippen molar-refractivity contribution in [2.75, 3.05) is 7.05 Å². The quantitative estimate of drug-likeness (QED) is 0.836. The number of rotatable bonds is 2. The number of nitrogens with zero attached hydrogens (tertiary/aromatic N) is 3. The Morgan fingerprint density at radius 3 is 2.00 bits per heavy atom. The van der Waals surface area contributed by atoms with Crippen LogP contribution < -0.4 is 5.43 Å². The van der Waals surface area contributed by atoms with Crippen LogP contribution in [0.25, 0.3) is 0 Å². The monoisotopic (exact) mass is 344 g/mol. The Bertz CT molecular complexity index is 413. The van der Waals surface area contributed by atoms with Gasteiger partial charge < -0.3 is 5.01 Å². The molecule has 1 aromatic heterocycles. The van der Waals surface area contributed by atoms with Crippen molar-refractivity contribution < 1.29 is 17.6 Å². The van der Waals surface area contributed by atoms with Crippen LogP contribution in [0.15, 0.2) is 29.1 Å². The standard InChI is InChI=1S/C6H7BrF4N2.C4H6N2/c1-13-2-3(7)6(12-13,4(8)9)5(10)11;1-6-4-2-3-5-6/h2,4-5,12H,1H3;2-4H,1H3. The normalized spacial score (nSPS) is 17.5. The van der Waals surface area contributed by atoms with Crippen LogP contribution in [0, 0.1) is 0 Å². The first kappa shape index (κ1) is 16.0. The average Bonchev–Trinajstić information content (AvgIpc) is 2.86. The van der Waals surface area contributed by atoms with Gasteiger partial charge in [0.25, 0.3) is 12.9 Å². The molecule has 1 N–H and O–H groups in total. The van der Waals surface area contributed by atoms with E-state index in [-0.39, 0.29) is 4.48 Å². The van der Waals surface area contributed by atoms with Gasteiger partial charge in [-0.3, -0.25) is 4.68 Å². The van der Waals surface area contributed by atoms with E-state index >= 15 is 0 Å². The lowest BCUT2D eigenvalue weighted by Crippen LogP contribution is -2.57. The molecule has 0 unspecified atom stereocenters. The molecule has 1 aliphatic rings. The van der Waals surface area contributed by atoms with Crippen molar-refractivity contribution in [3.63, 3.8) is 0 Å². The molecule has 2 rings (SSSR count). The summed E-state index contributed by atoms with van der Waals surface area (Å²) in [6.07, 6.45) is -1.57. The lowest BCUT2D eigenvalue weighted by Gasteiger charge is -2.29. The molecule has 0 bridgehead atoms. The maximum atomic E-state index is 12.4. The number of hydrazine groups is 1. The fourth-order valence-electron chi connectivity index (χ4n) is 1.40. The number of alkyl halides is 4. The molecule has 0 amide bonds. The van der Waals surface area contributed by atoms with E-state index in [4.69, 9.17) is 0 Å². The fourth-order valence-corrected chi connectivity index (χ4v) is 2.14. The van der Waals surface area contributed by atoms with Crippen molar-refractivity contribution in [1.29, 1.82) is 0 Å². The van der Waals surface area contributed by atoms with Crippen molar-refractivity contribution in [1.82, 2.24) is 20.2 Å². The highest BCUT2D eigenvalue weighted by Crippen LogP contribution is 2.38. The maximum absolute atomic E-state index is 12.4. The van der Waals surface area contributed by atoms with Gasteiger partial charge in [-0.15, -0.1) is 0 Å². The Hall–Kier alpha value is -1.09. The summed E-state index contributed by atoms with van der Waals surface area (Å²) in [4.78, 5) is 0. The number of halogens is 5. The molecule has 0 atom stereocenters. The molecule has 0 spiro atoms. The number of aromatic nitrogens is 2. The van der Waals surface area contributed by atoms with Gasteiger partial charge in [0.15, 0.2) is 5.54 Å². The summed E-state index contributed by atoms with van der Waals surface area (Å²) in [5, 5.41) is 4.91. The topological polar surface area (TPSA) is 33.1 Å². The summed E-state index contributed by atoms with van der Waals surface area (Å²) in [5.41, 5.74) is -0.579. The zero-order chi connectivity index (χ0) is 14.6. The number of hydrogen-bond donors (Lipinski definition) is 1. The molecular weight excluding hydrogens is 332 g/mol. The van der Waals surface area contributed by atoms with Gasteiger partial charge in [-0.1, -0.05) is 15.9 Å². The van der Waals surface area contributed by atoms with Gasteiger partial charge in [0.05, 0.1) is 0 Å². The summed E-state index contributed by atoms with van der Waals surface area (Å²) in [7, 11) is 3.26. The van der Waals surface area contributed by atoms with Crippen molar-refractivity contribution in [3.8, 4) is 0 Å². The molecule has 108 valence electrons. The highest BCUT2D eigenvalue weighted by atomic mass is 79.9. The minimum atomic E-state index is -3.18. The van der Waals surface area contributed by atoms with E-state index in [9.17, 15) is 17.6 Å². The molecule has 0 saturated heterocycles. The second-order valence-electron chi connectivity index (χ2n) is 3.85. The van der Waals surface area contributed by atoms with Gasteiger partial charge in [0, 0.05) is 37.2 Å². The van der Waals surface area contributed by atoms with Crippen LogP contribution in [-0.2, 0) is 7.05 Å². The van der Waals surface area contributed by atoms with Crippen LogP contribution in [-0.4, -0.2) is 40.2 Å². The van der Waals surface area contributed by atoms with Gasteiger partial charge >= 0.3 is 0 Å². The number of hydrogen-bond acceptors (Lipinski definition) is 3. The molecule has 0 saturated carbocycles. The minimum Gasteiger partial charge on any atom is -0.317 e. The summed E-state index contributed by atoms with van der Waals surface area (Å²) in [5.74, 6) is 0. The minimum absolute atomic E-state index is 0.243. The second-order valence-corrected chi connectivity index (χ2v) is 4.70. The Balaban J connectivity index is 0.000000250. The average molecular weight is 345 g/mol. The van der Waals surface area contributed by atoms with Gasteiger partial charge in [-0.25, -0.2) is 23.0 Å². The third-order valence-electron chi connectivity index (χ3n) is 2.39. The van der Waals surface area contributed by atoms with Crippen LogP contribution in [0.5, 0.6) is 0 Å². The van der Waals surface area contributed by atoms with Gasteiger partial charge in [-0.05, 0) is 6.07 Å². The van der Waals surface area contributed by atoms with E-state index in [1.54, 1.807) is 10.9 Å². The lowest BCUT2D eigenvalue weighted by atomic mass is 10.0. The maximum Gasteiger partial charge on any atom is 0.268 e. The van der Waals surface area contributed by atoms with Gasteiger partial charge in [-0.2, -0.15) is 5.10 Å². The van der Waals surface area contributed by atoms with Crippen molar-refractivity contribution in [3.05, 3.63) is 29.1 Å². The Labute approximate surface area is 116 Å². The Morgan fingerprint density at radius 2 is 1.84 bits per heavy atom. The molecule has 1 aliphatic heterocycles. The Kier molecular flexibility index (Phi) is 5.36. The predicted molar refractivity (Wildman–Crippen MR) is 65.9 cm³/mol. The van der Waals surface area contributed by atoms with E-state index in [0.29, 0.717) is 0 Å². The first-order valence-electron chi connectivity index (χ1n) is 5.19. The number of nitrogens with one attached hydrogen (secondary N) is 1. The summed E-state index contributed by atoms with van der Waals surface area (Å²) in [6.45, 7) is 0. The summed E-state index contributed by atoms with van der Waals surface area (Å²) >= 11 is 2.70. The largest absolute Gasteiger partial charge is 0.317 e. The second kappa shape index (κ2) is 6.38. The van der Waals surface area contributed by atoms with Gasteiger partial charge in [0.1, 0.15) is 0 Å². The molecule has 2 heterocycles.